The first kappa shape index (κ1) is 26.4. The number of pyridine rings is 1. The number of para-hydroxylation sites is 1. The lowest BCUT2D eigenvalue weighted by atomic mass is 9.80. The molecule has 0 unspecified atom stereocenters. The maximum Gasteiger partial charge on any atom is 0.270 e. The van der Waals surface area contributed by atoms with E-state index in [0.717, 1.165) is 16.6 Å². The lowest BCUT2D eigenvalue weighted by Gasteiger charge is -2.33. The second-order valence-corrected chi connectivity index (χ2v) is 11.5. The number of nitrogens with zero attached hydrogens (tertiary/aromatic N) is 4. The van der Waals surface area contributed by atoms with E-state index >= 15 is 0 Å². The molecule has 0 bridgehead atoms. The number of aromatic amines is 1. The molecule has 3 atom stereocenters. The molecule has 3 amide bonds. The average molecular weight is 527 g/mol. The lowest BCUT2D eigenvalue weighted by Crippen LogP contribution is -2.52. The van der Waals surface area contributed by atoms with Gasteiger partial charge in [-0.15, -0.1) is 0 Å². The Morgan fingerprint density at radius 3 is 2.64 bits per heavy atom. The third-order valence-electron chi connectivity index (χ3n) is 8.01. The van der Waals surface area contributed by atoms with Crippen molar-refractivity contribution in [3.05, 3.63) is 59.4 Å². The maximum absolute atomic E-state index is 14.1. The molecule has 2 aliphatic heterocycles. The van der Waals surface area contributed by atoms with Crippen LogP contribution in [0.5, 0.6) is 0 Å². The molecule has 1 saturated heterocycles. The minimum atomic E-state index is -0.978. The molecule has 3 aromatic rings. The van der Waals surface area contributed by atoms with Crippen LogP contribution in [0, 0.1) is 17.2 Å². The Hall–Kier alpha value is -4.19. The Labute approximate surface area is 228 Å². The summed E-state index contributed by atoms with van der Waals surface area (Å²) in [5.41, 5.74) is 2.44. The van der Waals surface area contributed by atoms with Gasteiger partial charge in [-0.2, -0.15) is 5.26 Å². The summed E-state index contributed by atoms with van der Waals surface area (Å²) < 4.78 is 0. The number of carbonyl (C=O) groups is 3. The van der Waals surface area contributed by atoms with E-state index in [2.05, 4.69) is 35.2 Å². The lowest BCUT2D eigenvalue weighted by molar-refractivity contribution is -0.136. The van der Waals surface area contributed by atoms with E-state index in [4.69, 9.17) is 0 Å². The van der Waals surface area contributed by atoms with Gasteiger partial charge in [0, 0.05) is 36.8 Å². The van der Waals surface area contributed by atoms with Crippen molar-refractivity contribution in [2.45, 2.75) is 64.0 Å². The van der Waals surface area contributed by atoms with Gasteiger partial charge in [-0.3, -0.25) is 14.4 Å². The molecule has 39 heavy (non-hydrogen) atoms. The fourth-order valence-electron chi connectivity index (χ4n) is 5.84. The zero-order valence-corrected chi connectivity index (χ0v) is 23.0. The van der Waals surface area contributed by atoms with Crippen LogP contribution in [0.3, 0.4) is 0 Å². The fraction of sp³-hybridized carbons (Fsp3) is 0.433. The summed E-state index contributed by atoms with van der Waals surface area (Å²) in [7, 11) is 1.62. The molecule has 0 aliphatic carbocycles. The monoisotopic (exact) mass is 526 g/mol. The molecule has 9 nitrogen and oxygen atoms in total. The van der Waals surface area contributed by atoms with E-state index in [1.54, 1.807) is 13.1 Å². The molecule has 5 rings (SSSR count). The van der Waals surface area contributed by atoms with Gasteiger partial charge in [0.15, 0.2) is 0 Å². The summed E-state index contributed by atoms with van der Waals surface area (Å²) in [6, 6.07) is 13.7. The second kappa shape index (κ2) is 9.84. The van der Waals surface area contributed by atoms with Gasteiger partial charge in [-0.1, -0.05) is 45.9 Å². The van der Waals surface area contributed by atoms with Crippen molar-refractivity contribution in [3.63, 3.8) is 0 Å². The van der Waals surface area contributed by atoms with Gasteiger partial charge in [0.2, 0.25) is 11.8 Å². The first-order valence-corrected chi connectivity index (χ1v) is 13.4. The number of carbonyl (C=O) groups excluding carboxylic acids is 3. The maximum atomic E-state index is 14.1. The topological polar surface area (TPSA) is 122 Å². The van der Waals surface area contributed by atoms with E-state index in [1.807, 2.05) is 50.2 Å². The molecule has 0 radical (unpaired) electrons. The minimum Gasteiger partial charge on any atom is -0.335 e. The van der Waals surface area contributed by atoms with Gasteiger partial charge in [0.25, 0.3) is 5.91 Å². The Kier molecular flexibility index (Phi) is 6.67. The van der Waals surface area contributed by atoms with Gasteiger partial charge in [-0.05, 0) is 48.1 Å². The molecule has 2 aromatic heterocycles. The summed E-state index contributed by atoms with van der Waals surface area (Å²) in [5, 5.41) is 13.8. The third kappa shape index (κ3) is 4.44. The zero-order valence-electron chi connectivity index (χ0n) is 23.0. The van der Waals surface area contributed by atoms with Gasteiger partial charge in [0.1, 0.15) is 23.4 Å². The Bertz CT molecular complexity index is 1500. The molecular weight excluding hydrogens is 492 g/mol. The number of aromatic nitrogens is 2. The number of likely N-dealkylation sites (tertiary alicyclic amines) is 1. The van der Waals surface area contributed by atoms with Gasteiger partial charge < -0.3 is 20.1 Å². The average Bonchev–Trinajstić information content (AvgIpc) is 3.59. The van der Waals surface area contributed by atoms with E-state index in [0.29, 0.717) is 23.4 Å². The molecule has 202 valence electrons. The fourth-order valence-corrected chi connectivity index (χ4v) is 5.84. The van der Waals surface area contributed by atoms with E-state index < -0.39 is 17.5 Å². The van der Waals surface area contributed by atoms with Gasteiger partial charge in [-0.25, -0.2) is 4.98 Å². The number of rotatable bonds is 6. The highest BCUT2D eigenvalue weighted by Gasteiger charge is 2.56. The van der Waals surface area contributed by atoms with Crippen LogP contribution in [0.1, 0.15) is 68.2 Å². The van der Waals surface area contributed by atoms with Crippen LogP contribution < -0.4 is 5.32 Å². The Balaban J connectivity index is 1.45. The molecule has 1 spiro atoms. The zero-order chi connectivity index (χ0) is 28.1. The highest BCUT2D eigenvalue weighted by atomic mass is 16.2. The number of amides is 3. The van der Waals surface area contributed by atoms with E-state index in [-0.39, 0.29) is 42.5 Å². The van der Waals surface area contributed by atoms with Gasteiger partial charge in [0.05, 0.1) is 11.5 Å². The van der Waals surface area contributed by atoms with Crippen molar-refractivity contribution in [2.75, 3.05) is 18.9 Å². The van der Waals surface area contributed by atoms with E-state index in [1.165, 1.54) is 9.80 Å². The second-order valence-electron chi connectivity index (χ2n) is 11.5. The summed E-state index contributed by atoms with van der Waals surface area (Å²) in [4.78, 5) is 51.7. The molecule has 4 heterocycles. The largest absolute Gasteiger partial charge is 0.335 e. The molecule has 2 N–H and O–H groups in total. The predicted molar refractivity (Wildman–Crippen MR) is 148 cm³/mol. The number of anilines is 1. The first-order chi connectivity index (χ1) is 18.6. The van der Waals surface area contributed by atoms with Crippen molar-refractivity contribution >= 4 is 34.4 Å². The number of H-pyrrole nitrogens is 1. The third-order valence-corrected chi connectivity index (χ3v) is 8.01. The van der Waals surface area contributed by atoms with Crippen LogP contribution in [-0.2, 0) is 15.0 Å². The van der Waals surface area contributed by atoms with Crippen molar-refractivity contribution in [3.8, 4) is 6.07 Å². The van der Waals surface area contributed by atoms with Crippen LogP contribution in [0.2, 0.25) is 0 Å². The first-order valence-electron chi connectivity index (χ1n) is 13.4. The standard InChI is InChI=1S/C30H34N6O3/c1-17(2)12-25(35(5)27(37)24-13-19-10-11-22(18(3)4)32-26(19)33-24)28(38)36-16-30(14-20(36)15-31)21-8-6-7-9-23(21)34-29(30)39/h6-11,13,17-18,20,25H,12,14,16H2,1-5H3,(H,32,33)(H,34,39)/t20-,25-,30-/m0/s1. The number of likely N-dealkylation sites (N-methyl/N-ethyl adjacent to an activating group) is 1. The molecule has 9 heteroatoms. The number of hydrogen-bond donors (Lipinski definition) is 2. The smallest absolute Gasteiger partial charge is 0.270 e. The normalized spacial score (nSPS) is 20.9. The van der Waals surface area contributed by atoms with Crippen molar-refractivity contribution in [1.29, 1.82) is 5.26 Å². The van der Waals surface area contributed by atoms with Crippen LogP contribution in [0.25, 0.3) is 11.0 Å². The summed E-state index contributed by atoms with van der Waals surface area (Å²) in [5.74, 6) is -0.491. The SMILES string of the molecule is CC(C)C[C@@H](C(=O)N1C[C@]2(C[C@H]1C#N)C(=O)Nc1ccccc12)N(C)C(=O)c1cc2ccc(C(C)C)nc2[nH]1. The van der Waals surface area contributed by atoms with Crippen LogP contribution in [0.4, 0.5) is 5.69 Å². The highest BCUT2D eigenvalue weighted by molar-refractivity contribution is 6.07. The molecule has 2 aliphatic rings. The number of hydrogen-bond acceptors (Lipinski definition) is 5. The number of fused-ring (bicyclic) bond motifs is 3. The highest BCUT2D eigenvalue weighted by Crippen LogP contribution is 2.46. The van der Waals surface area contributed by atoms with Crippen LogP contribution in [0.15, 0.2) is 42.5 Å². The molecule has 1 aromatic carbocycles. The van der Waals surface area contributed by atoms with Crippen molar-refractivity contribution in [1.82, 2.24) is 19.8 Å². The van der Waals surface area contributed by atoms with Crippen molar-refractivity contribution < 1.29 is 14.4 Å². The molecule has 0 saturated carbocycles. The number of nitrogens with one attached hydrogen (secondary N) is 2. The van der Waals surface area contributed by atoms with Crippen molar-refractivity contribution in [2.24, 2.45) is 5.92 Å². The predicted octanol–water partition coefficient (Wildman–Crippen LogP) is 4.19. The molecule has 1 fully saturated rings. The summed E-state index contributed by atoms with van der Waals surface area (Å²) in [6.45, 7) is 8.20. The summed E-state index contributed by atoms with van der Waals surface area (Å²) in [6.07, 6.45) is 0.636. The number of benzene rings is 1. The van der Waals surface area contributed by atoms with Gasteiger partial charge >= 0.3 is 0 Å². The van der Waals surface area contributed by atoms with Crippen LogP contribution >= 0.6 is 0 Å². The Morgan fingerprint density at radius 1 is 1.21 bits per heavy atom. The van der Waals surface area contributed by atoms with Crippen LogP contribution in [-0.4, -0.2) is 63.2 Å². The quantitative estimate of drug-likeness (QED) is 0.499. The number of nitriles is 1. The minimum absolute atomic E-state index is 0.0951. The van der Waals surface area contributed by atoms with E-state index in [9.17, 15) is 19.6 Å². The summed E-state index contributed by atoms with van der Waals surface area (Å²) >= 11 is 0. The Morgan fingerprint density at radius 2 is 1.95 bits per heavy atom. The molecular formula is C30H34N6O3.